The lowest BCUT2D eigenvalue weighted by molar-refractivity contribution is -0.148. The Bertz CT molecular complexity index is 297. The third kappa shape index (κ3) is 3.02. The van der Waals surface area contributed by atoms with Gasteiger partial charge in [0, 0.05) is 33.2 Å². The molecule has 0 atom stereocenters. The molecule has 0 aromatic heterocycles. The molecule has 0 unspecified atom stereocenters. The zero-order valence-electron chi connectivity index (χ0n) is 12.3. The predicted molar refractivity (Wildman–Crippen MR) is 72.5 cm³/mol. The van der Waals surface area contributed by atoms with E-state index in [-0.39, 0.29) is 12.5 Å². The number of aliphatic hydroxyl groups excluding tert-OH is 1. The fraction of sp³-hybridized carbons (Fsp3) is 0.923. The first-order valence-corrected chi connectivity index (χ1v) is 6.58. The predicted octanol–water partition coefficient (Wildman–Crippen LogP) is -0.100. The number of nitrogens with zero attached hydrogens (tertiary/aromatic N) is 2. The van der Waals surface area contributed by atoms with Crippen LogP contribution in [0.1, 0.15) is 27.7 Å². The number of likely N-dealkylation sites (N-methyl/N-ethyl adjacent to an activating group) is 1. The van der Waals surface area contributed by atoms with Gasteiger partial charge in [-0.25, -0.2) is 0 Å². The molecule has 1 amide bonds. The molecule has 0 bridgehead atoms. The number of rotatable bonds is 4. The first kappa shape index (κ1) is 15.4. The Balaban J connectivity index is 2.80. The second-order valence-electron chi connectivity index (χ2n) is 6.13. The van der Waals surface area contributed by atoms with E-state index in [1.165, 1.54) is 0 Å². The molecular formula is C13H27N3O2. The molecule has 0 aromatic rings. The number of hydrogen-bond acceptors (Lipinski definition) is 4. The summed E-state index contributed by atoms with van der Waals surface area (Å²) in [4.78, 5) is 16.5. The van der Waals surface area contributed by atoms with Gasteiger partial charge in [-0.15, -0.1) is 0 Å². The molecule has 0 saturated carbocycles. The zero-order valence-corrected chi connectivity index (χ0v) is 12.3. The van der Waals surface area contributed by atoms with E-state index in [1.807, 2.05) is 27.7 Å². The van der Waals surface area contributed by atoms with E-state index in [2.05, 4.69) is 10.2 Å². The van der Waals surface area contributed by atoms with Crippen LogP contribution in [0.4, 0.5) is 0 Å². The lowest BCUT2D eigenvalue weighted by Gasteiger charge is -2.45. The molecule has 106 valence electrons. The normalized spacial score (nSPS) is 18.8. The highest BCUT2D eigenvalue weighted by Gasteiger charge is 2.40. The van der Waals surface area contributed by atoms with Crippen LogP contribution < -0.4 is 5.32 Å². The van der Waals surface area contributed by atoms with Crippen molar-refractivity contribution < 1.29 is 9.90 Å². The summed E-state index contributed by atoms with van der Waals surface area (Å²) in [5, 5.41) is 12.7. The Labute approximate surface area is 110 Å². The summed E-state index contributed by atoms with van der Waals surface area (Å²) in [5.41, 5.74) is -1.05. The molecule has 2 N–H and O–H groups in total. The number of nitrogens with one attached hydrogen (secondary N) is 1. The number of amides is 1. The highest BCUT2D eigenvalue weighted by atomic mass is 16.3. The van der Waals surface area contributed by atoms with Crippen LogP contribution in [0.5, 0.6) is 0 Å². The van der Waals surface area contributed by atoms with Gasteiger partial charge in [-0.1, -0.05) is 0 Å². The van der Waals surface area contributed by atoms with E-state index in [1.54, 1.807) is 11.9 Å². The second kappa shape index (κ2) is 5.55. The van der Waals surface area contributed by atoms with Crippen LogP contribution in [0.3, 0.4) is 0 Å². The Kier molecular flexibility index (Phi) is 4.75. The van der Waals surface area contributed by atoms with Crippen LogP contribution in [0, 0.1) is 0 Å². The largest absolute Gasteiger partial charge is 0.394 e. The average molecular weight is 257 g/mol. The quantitative estimate of drug-likeness (QED) is 0.738. The van der Waals surface area contributed by atoms with E-state index in [9.17, 15) is 9.90 Å². The minimum absolute atomic E-state index is 0.0348. The summed E-state index contributed by atoms with van der Waals surface area (Å²) in [6.07, 6.45) is 0. The summed E-state index contributed by atoms with van der Waals surface area (Å²) in [7, 11) is 1.77. The van der Waals surface area contributed by atoms with Crippen molar-refractivity contribution in [1.82, 2.24) is 15.1 Å². The Morgan fingerprint density at radius 1 is 1.28 bits per heavy atom. The lowest BCUT2D eigenvalue weighted by Crippen LogP contribution is -2.63. The van der Waals surface area contributed by atoms with Crippen LogP contribution >= 0.6 is 0 Å². The van der Waals surface area contributed by atoms with Gasteiger partial charge in [0.25, 0.3) is 0 Å². The van der Waals surface area contributed by atoms with E-state index in [4.69, 9.17) is 0 Å². The number of hydrogen-bond donors (Lipinski definition) is 2. The highest BCUT2D eigenvalue weighted by Crippen LogP contribution is 2.22. The van der Waals surface area contributed by atoms with Crippen LogP contribution in [0.15, 0.2) is 0 Å². The van der Waals surface area contributed by atoms with Crippen molar-refractivity contribution in [2.45, 2.75) is 38.8 Å². The van der Waals surface area contributed by atoms with Crippen molar-refractivity contribution in [1.29, 1.82) is 0 Å². The topological polar surface area (TPSA) is 55.8 Å². The summed E-state index contributed by atoms with van der Waals surface area (Å²) >= 11 is 0. The minimum atomic E-state index is -0.525. The molecule has 18 heavy (non-hydrogen) atoms. The van der Waals surface area contributed by atoms with Gasteiger partial charge in [-0.2, -0.15) is 0 Å². The van der Waals surface area contributed by atoms with Gasteiger partial charge in [0.2, 0.25) is 5.91 Å². The molecule has 0 aromatic carbocycles. The summed E-state index contributed by atoms with van der Waals surface area (Å²) in [5.74, 6) is 0.0588. The fourth-order valence-electron chi connectivity index (χ4n) is 2.15. The zero-order chi connectivity index (χ0) is 14.0. The van der Waals surface area contributed by atoms with Crippen molar-refractivity contribution in [2.75, 3.05) is 39.8 Å². The van der Waals surface area contributed by atoms with Gasteiger partial charge in [-0.3, -0.25) is 9.69 Å². The number of aliphatic hydroxyl groups is 1. The van der Waals surface area contributed by atoms with Gasteiger partial charge in [0.1, 0.15) is 0 Å². The van der Waals surface area contributed by atoms with Crippen molar-refractivity contribution in [3.63, 3.8) is 0 Å². The van der Waals surface area contributed by atoms with Gasteiger partial charge in [0.15, 0.2) is 0 Å². The van der Waals surface area contributed by atoms with Gasteiger partial charge in [-0.05, 0) is 27.7 Å². The molecule has 0 aliphatic carbocycles. The minimum Gasteiger partial charge on any atom is -0.394 e. The van der Waals surface area contributed by atoms with E-state index in [0.29, 0.717) is 0 Å². The number of carbonyl (C=O) groups excluding carboxylic acids is 1. The molecular weight excluding hydrogens is 230 g/mol. The molecule has 1 fully saturated rings. The summed E-state index contributed by atoms with van der Waals surface area (Å²) in [6.45, 7) is 11.2. The highest BCUT2D eigenvalue weighted by molar-refractivity contribution is 5.86. The van der Waals surface area contributed by atoms with E-state index >= 15 is 0 Å². The maximum atomic E-state index is 12.6. The standard InChI is InChI=1S/C13H27N3O2/c1-12(2,10-17)15(5)11(18)13(3,4)16-8-6-14-7-9-16/h14,17H,6-10H2,1-5H3. The molecule has 1 saturated heterocycles. The van der Waals surface area contributed by atoms with Gasteiger partial charge >= 0.3 is 0 Å². The van der Waals surface area contributed by atoms with Gasteiger partial charge in [0.05, 0.1) is 17.7 Å². The molecule has 5 heteroatoms. The lowest BCUT2D eigenvalue weighted by atomic mass is 9.95. The monoisotopic (exact) mass is 257 g/mol. The maximum absolute atomic E-state index is 12.6. The fourth-order valence-corrected chi connectivity index (χ4v) is 2.15. The Morgan fingerprint density at radius 3 is 2.22 bits per heavy atom. The summed E-state index contributed by atoms with van der Waals surface area (Å²) in [6, 6.07) is 0. The van der Waals surface area contributed by atoms with Crippen molar-refractivity contribution >= 4 is 5.91 Å². The van der Waals surface area contributed by atoms with Crippen LogP contribution in [0.2, 0.25) is 0 Å². The molecule has 1 rings (SSSR count). The maximum Gasteiger partial charge on any atom is 0.242 e. The third-order valence-electron chi connectivity index (χ3n) is 4.03. The van der Waals surface area contributed by atoms with Crippen molar-refractivity contribution in [3.8, 4) is 0 Å². The van der Waals surface area contributed by atoms with Crippen molar-refractivity contribution in [3.05, 3.63) is 0 Å². The SMILES string of the molecule is CN(C(=O)C(C)(C)N1CCNCC1)C(C)(C)CO. The number of piperazine rings is 1. The van der Waals surface area contributed by atoms with E-state index in [0.717, 1.165) is 26.2 Å². The Hall–Kier alpha value is -0.650. The molecule has 1 aliphatic heterocycles. The summed E-state index contributed by atoms with van der Waals surface area (Å²) < 4.78 is 0. The first-order chi connectivity index (χ1) is 8.23. The molecule has 1 aliphatic rings. The third-order valence-corrected chi connectivity index (χ3v) is 4.03. The average Bonchev–Trinajstić information content (AvgIpc) is 2.37. The molecule has 5 nitrogen and oxygen atoms in total. The van der Waals surface area contributed by atoms with Crippen LogP contribution in [-0.4, -0.2) is 71.7 Å². The van der Waals surface area contributed by atoms with E-state index < -0.39 is 11.1 Å². The Morgan fingerprint density at radius 2 is 1.78 bits per heavy atom. The van der Waals surface area contributed by atoms with Crippen LogP contribution in [0.25, 0.3) is 0 Å². The molecule has 1 heterocycles. The second-order valence-corrected chi connectivity index (χ2v) is 6.13. The molecule has 0 spiro atoms. The molecule has 0 radical (unpaired) electrons. The first-order valence-electron chi connectivity index (χ1n) is 6.58. The number of carbonyl (C=O) groups is 1. The van der Waals surface area contributed by atoms with Crippen molar-refractivity contribution in [2.24, 2.45) is 0 Å². The van der Waals surface area contributed by atoms with Crippen LogP contribution in [-0.2, 0) is 4.79 Å². The smallest absolute Gasteiger partial charge is 0.242 e. The van der Waals surface area contributed by atoms with Gasteiger partial charge < -0.3 is 15.3 Å².